The number of benzene rings is 3. The van der Waals surface area contributed by atoms with Gasteiger partial charge in [-0.2, -0.15) is 4.31 Å². The normalized spacial score (nSPS) is 19.4. The van der Waals surface area contributed by atoms with Crippen molar-refractivity contribution >= 4 is 31.7 Å². The minimum Gasteiger partial charge on any atom is -0.356 e. The summed E-state index contributed by atoms with van der Waals surface area (Å²) in [5, 5.41) is 0. The number of carbonyl (C=O) groups is 1. The van der Waals surface area contributed by atoms with Crippen molar-refractivity contribution in [1.82, 2.24) is 4.31 Å². The van der Waals surface area contributed by atoms with E-state index < -0.39 is 22.3 Å². The average Bonchev–Trinajstić information content (AvgIpc) is 3.19. The quantitative estimate of drug-likeness (QED) is 0.441. The number of nitrogens with zero attached hydrogens (tertiary/aromatic N) is 1. The zero-order valence-electron chi connectivity index (χ0n) is 16.9. The average molecular weight is 500 g/mol. The summed E-state index contributed by atoms with van der Waals surface area (Å²) in [5.74, 6) is -0.116. The summed E-state index contributed by atoms with van der Waals surface area (Å²) < 4.78 is 35.5. The Hall–Kier alpha value is -2.32. The molecule has 0 radical (unpaired) electrons. The maximum absolute atomic E-state index is 13.7. The number of hydrogen-bond acceptors (Lipinski definition) is 4. The fourth-order valence-corrected chi connectivity index (χ4v) is 5.62. The van der Waals surface area contributed by atoms with Gasteiger partial charge in [0.1, 0.15) is 0 Å². The Morgan fingerprint density at radius 3 is 2.29 bits per heavy atom. The molecule has 0 unspecified atom stereocenters. The van der Waals surface area contributed by atoms with E-state index in [1.807, 2.05) is 37.3 Å². The molecule has 1 aliphatic heterocycles. The summed E-state index contributed by atoms with van der Waals surface area (Å²) in [7, 11) is -3.90. The van der Waals surface area contributed by atoms with Crippen LogP contribution in [0.3, 0.4) is 0 Å². The molecule has 5 nitrogen and oxygen atoms in total. The smallest absolute Gasteiger partial charge is 0.245 e. The molecular formula is C24H22BrNO4S. The van der Waals surface area contributed by atoms with Crippen molar-refractivity contribution < 1.29 is 17.9 Å². The van der Waals surface area contributed by atoms with Gasteiger partial charge in [-0.1, -0.05) is 76.1 Å². The molecule has 1 aliphatic rings. The van der Waals surface area contributed by atoms with Gasteiger partial charge in [0.15, 0.2) is 12.0 Å². The Balaban J connectivity index is 1.71. The van der Waals surface area contributed by atoms with Crippen molar-refractivity contribution in [2.45, 2.75) is 30.5 Å². The standard InChI is InChI=1S/C24H22BrNO4S/c1-17-7-13-22(14-8-17)31(28,29)26-21(15-23(27)18-5-3-2-4-6-18)16-30-24(26)19-9-11-20(25)12-10-19/h2-14,21,24H,15-16H2,1H3/t21-,24-/m1/s1. The van der Waals surface area contributed by atoms with Crippen LogP contribution in [0.5, 0.6) is 0 Å². The summed E-state index contributed by atoms with van der Waals surface area (Å²) in [4.78, 5) is 13.0. The molecule has 3 aromatic rings. The Morgan fingerprint density at radius 2 is 1.65 bits per heavy atom. The van der Waals surface area contributed by atoms with E-state index in [-0.39, 0.29) is 23.7 Å². The number of ether oxygens (including phenoxy) is 1. The van der Waals surface area contributed by atoms with Gasteiger partial charge in [0.25, 0.3) is 0 Å². The van der Waals surface area contributed by atoms with Crippen LogP contribution in [0.2, 0.25) is 0 Å². The second-order valence-corrected chi connectivity index (χ2v) is 10.3. The number of Topliss-reactive ketones (excluding diaryl/α,β-unsaturated/α-hetero) is 1. The molecule has 0 saturated carbocycles. The highest BCUT2D eigenvalue weighted by atomic mass is 79.9. The first-order valence-corrected chi connectivity index (χ1v) is 12.1. The van der Waals surface area contributed by atoms with Crippen molar-refractivity contribution in [3.63, 3.8) is 0 Å². The van der Waals surface area contributed by atoms with Gasteiger partial charge in [0.2, 0.25) is 10.0 Å². The number of halogens is 1. The summed E-state index contributed by atoms with van der Waals surface area (Å²) in [5.41, 5.74) is 2.24. The van der Waals surface area contributed by atoms with E-state index >= 15 is 0 Å². The Morgan fingerprint density at radius 1 is 1.00 bits per heavy atom. The molecular weight excluding hydrogens is 478 g/mol. The van der Waals surface area contributed by atoms with Gasteiger partial charge in [0.05, 0.1) is 17.5 Å². The lowest BCUT2D eigenvalue weighted by Crippen LogP contribution is -2.39. The van der Waals surface area contributed by atoms with E-state index in [2.05, 4.69) is 15.9 Å². The number of sulfonamides is 1. The molecule has 1 heterocycles. The molecule has 0 N–H and O–H groups in total. The number of carbonyl (C=O) groups excluding carboxylic acids is 1. The molecule has 4 rings (SSSR count). The van der Waals surface area contributed by atoms with E-state index in [1.165, 1.54) is 4.31 Å². The van der Waals surface area contributed by atoms with E-state index in [9.17, 15) is 13.2 Å². The van der Waals surface area contributed by atoms with Crippen LogP contribution in [-0.2, 0) is 14.8 Å². The van der Waals surface area contributed by atoms with E-state index in [0.29, 0.717) is 11.1 Å². The van der Waals surface area contributed by atoms with Gasteiger partial charge in [-0.25, -0.2) is 8.42 Å². The largest absolute Gasteiger partial charge is 0.356 e. The predicted molar refractivity (Wildman–Crippen MR) is 122 cm³/mol. The van der Waals surface area contributed by atoms with Gasteiger partial charge in [-0.3, -0.25) is 4.79 Å². The van der Waals surface area contributed by atoms with Crippen molar-refractivity contribution in [1.29, 1.82) is 0 Å². The summed E-state index contributed by atoms with van der Waals surface area (Å²) in [6, 6.07) is 22.4. The van der Waals surface area contributed by atoms with E-state index in [4.69, 9.17) is 4.74 Å². The summed E-state index contributed by atoms with van der Waals surface area (Å²) in [6.07, 6.45) is -0.754. The minimum atomic E-state index is -3.90. The van der Waals surface area contributed by atoms with Crippen LogP contribution >= 0.6 is 15.9 Å². The number of hydrogen-bond donors (Lipinski definition) is 0. The fourth-order valence-electron chi connectivity index (χ4n) is 3.67. The first-order valence-electron chi connectivity index (χ1n) is 9.92. The Kier molecular flexibility index (Phi) is 6.39. The van der Waals surface area contributed by atoms with Gasteiger partial charge in [-0.15, -0.1) is 0 Å². The zero-order valence-corrected chi connectivity index (χ0v) is 19.3. The van der Waals surface area contributed by atoms with E-state index in [0.717, 1.165) is 10.0 Å². The highest BCUT2D eigenvalue weighted by Gasteiger charge is 2.44. The van der Waals surface area contributed by atoms with E-state index in [1.54, 1.807) is 48.5 Å². The lowest BCUT2D eigenvalue weighted by atomic mass is 10.0. The summed E-state index contributed by atoms with van der Waals surface area (Å²) >= 11 is 3.41. The monoisotopic (exact) mass is 499 g/mol. The molecule has 0 bridgehead atoms. The second-order valence-electron chi connectivity index (χ2n) is 7.53. The fraction of sp³-hybridized carbons (Fsp3) is 0.208. The van der Waals surface area contributed by atoms with Crippen LogP contribution in [0, 0.1) is 6.92 Å². The van der Waals surface area contributed by atoms with Crippen molar-refractivity contribution in [3.8, 4) is 0 Å². The SMILES string of the molecule is Cc1ccc(S(=O)(=O)N2[C@H](CC(=O)c3ccccc3)CO[C@@H]2c2ccc(Br)cc2)cc1. The highest BCUT2D eigenvalue weighted by Crippen LogP contribution is 2.38. The van der Waals surface area contributed by atoms with Crippen molar-refractivity contribution in [3.05, 3.63) is 100 Å². The maximum atomic E-state index is 13.7. The third-order valence-corrected chi connectivity index (χ3v) is 7.75. The van der Waals surface area contributed by atoms with Crippen LogP contribution in [0.15, 0.2) is 88.2 Å². The molecule has 3 aromatic carbocycles. The molecule has 2 atom stereocenters. The molecule has 160 valence electrons. The second kappa shape index (κ2) is 9.04. The van der Waals surface area contributed by atoms with Gasteiger partial charge < -0.3 is 4.74 Å². The van der Waals surface area contributed by atoms with Crippen LogP contribution < -0.4 is 0 Å². The van der Waals surface area contributed by atoms with Crippen LogP contribution in [0.4, 0.5) is 0 Å². The first kappa shape index (κ1) is 21.9. The molecule has 1 fully saturated rings. The molecule has 7 heteroatoms. The predicted octanol–water partition coefficient (Wildman–Crippen LogP) is 5.12. The lowest BCUT2D eigenvalue weighted by molar-refractivity contribution is 0.0680. The van der Waals surface area contributed by atoms with Crippen LogP contribution in [0.25, 0.3) is 0 Å². The molecule has 0 amide bonds. The minimum absolute atomic E-state index is 0.0438. The third kappa shape index (κ3) is 4.65. The zero-order chi connectivity index (χ0) is 22.0. The van der Waals surface area contributed by atoms with Gasteiger partial charge in [-0.05, 0) is 36.8 Å². The third-order valence-electron chi connectivity index (χ3n) is 5.31. The Bertz CT molecular complexity index is 1160. The lowest BCUT2D eigenvalue weighted by Gasteiger charge is -2.27. The number of rotatable bonds is 6. The molecule has 0 aromatic heterocycles. The van der Waals surface area contributed by atoms with Gasteiger partial charge >= 0.3 is 0 Å². The molecule has 31 heavy (non-hydrogen) atoms. The molecule has 1 saturated heterocycles. The van der Waals surface area contributed by atoms with Crippen molar-refractivity contribution in [2.75, 3.05) is 6.61 Å². The van der Waals surface area contributed by atoms with Gasteiger partial charge in [0, 0.05) is 16.5 Å². The number of ketones is 1. The van der Waals surface area contributed by atoms with Crippen molar-refractivity contribution in [2.24, 2.45) is 0 Å². The topological polar surface area (TPSA) is 63.7 Å². The molecule has 0 spiro atoms. The maximum Gasteiger partial charge on any atom is 0.245 e. The van der Waals surface area contributed by atoms with Crippen LogP contribution in [0.1, 0.15) is 34.1 Å². The first-order chi connectivity index (χ1) is 14.9. The highest BCUT2D eigenvalue weighted by molar-refractivity contribution is 9.10. The summed E-state index contributed by atoms with van der Waals surface area (Å²) in [6.45, 7) is 2.05. The molecule has 0 aliphatic carbocycles. The number of aryl methyl sites for hydroxylation is 1. The Labute approximate surface area is 190 Å². The van der Waals surface area contributed by atoms with Crippen LogP contribution in [-0.4, -0.2) is 31.2 Å².